The van der Waals surface area contributed by atoms with Gasteiger partial charge in [-0.1, -0.05) is 124 Å². The van der Waals surface area contributed by atoms with Gasteiger partial charge in [0.1, 0.15) is 5.82 Å². The number of nitrogens with zero attached hydrogens (tertiary/aromatic N) is 4. The second-order valence-electron chi connectivity index (χ2n) is 13.9. The van der Waals surface area contributed by atoms with Crippen LogP contribution in [0, 0.1) is 0 Å². The van der Waals surface area contributed by atoms with Gasteiger partial charge in [0.25, 0.3) is 0 Å². The highest BCUT2D eigenvalue weighted by molar-refractivity contribution is 5.86. The molecular weight excluding hydrogens is 585 g/mol. The third kappa shape index (κ3) is 4.87. The van der Waals surface area contributed by atoms with Gasteiger partial charge in [0, 0.05) is 36.5 Å². The summed E-state index contributed by atoms with van der Waals surface area (Å²) in [6.45, 7) is 7.71. The summed E-state index contributed by atoms with van der Waals surface area (Å²) in [6.07, 6.45) is 4.25. The quantitative estimate of drug-likeness (QED) is 0.184. The lowest BCUT2D eigenvalue weighted by Gasteiger charge is -2.35. The van der Waals surface area contributed by atoms with Gasteiger partial charge >= 0.3 is 0 Å². The molecule has 2 heterocycles. The first-order valence-electron chi connectivity index (χ1n) is 16.7. The molecule has 0 saturated heterocycles. The Morgan fingerprint density at radius 3 is 1.85 bits per heavy atom. The Kier molecular flexibility index (Phi) is 7.18. The molecule has 5 aromatic carbocycles. The van der Waals surface area contributed by atoms with Crippen LogP contribution in [0.5, 0.6) is 0 Å². The van der Waals surface area contributed by atoms with E-state index in [0.29, 0.717) is 0 Å². The van der Waals surface area contributed by atoms with Gasteiger partial charge in [0.05, 0.1) is 17.8 Å². The predicted molar refractivity (Wildman–Crippen MR) is 199 cm³/mol. The molecule has 0 fully saturated rings. The van der Waals surface area contributed by atoms with E-state index in [9.17, 15) is 0 Å². The van der Waals surface area contributed by atoms with Gasteiger partial charge in [-0.2, -0.15) is 0 Å². The van der Waals surface area contributed by atoms with Crippen molar-refractivity contribution in [1.29, 1.82) is 0 Å². The summed E-state index contributed by atoms with van der Waals surface area (Å²) in [5.74, 6) is 0.895. The lowest BCUT2D eigenvalue weighted by Crippen LogP contribution is -2.31. The predicted octanol–water partition coefficient (Wildman–Crippen LogP) is 10.4. The summed E-state index contributed by atoms with van der Waals surface area (Å²) < 4.78 is 0. The number of aromatic nitrogens is 1. The first kappa shape index (κ1) is 29.8. The smallest absolute Gasteiger partial charge is 0.138 e. The summed E-state index contributed by atoms with van der Waals surface area (Å²) in [6, 6.07) is 52.8. The zero-order valence-corrected chi connectivity index (χ0v) is 28.0. The Bertz CT molecular complexity index is 2080. The SMILES string of the molecule is CN1C=CN(c2cccc(N(c3ccccc3)c3cc(C(C)(C)C)cc(C4(c5ccccc5)c5ccccc5-c5ccccc54)n3)c2)C1. The first-order chi connectivity index (χ1) is 23.3. The molecule has 1 aromatic heterocycles. The van der Waals surface area contributed by atoms with Crippen molar-refractivity contribution in [2.24, 2.45) is 0 Å². The van der Waals surface area contributed by atoms with Gasteiger partial charge in [-0.05, 0) is 81.3 Å². The van der Waals surface area contributed by atoms with Crippen LogP contribution >= 0.6 is 0 Å². The molecule has 6 aromatic rings. The summed E-state index contributed by atoms with van der Waals surface area (Å²) in [7, 11) is 2.10. The molecule has 1 aliphatic carbocycles. The van der Waals surface area contributed by atoms with Crippen molar-refractivity contribution < 1.29 is 0 Å². The van der Waals surface area contributed by atoms with Crippen molar-refractivity contribution >= 4 is 22.9 Å². The zero-order chi connectivity index (χ0) is 32.9. The minimum absolute atomic E-state index is 0.128. The maximum Gasteiger partial charge on any atom is 0.138 e. The van der Waals surface area contributed by atoms with Gasteiger partial charge in [-0.25, -0.2) is 4.98 Å². The number of para-hydroxylation sites is 1. The maximum atomic E-state index is 5.76. The standard InChI is InChI=1S/C44H40N4/c1-43(2,3)33-28-41(44(32-16-7-5-8-17-32)39-24-13-11-22-37(39)38-23-12-14-25-40(38)44)45-42(29-33)48(34-18-9-6-10-19-34)36-21-15-20-35(30-36)47-27-26-46(4)31-47/h5-30H,31H2,1-4H3. The van der Waals surface area contributed by atoms with Crippen LogP contribution in [-0.2, 0) is 10.8 Å². The molecule has 8 rings (SSSR count). The molecule has 236 valence electrons. The molecule has 2 aliphatic rings. The summed E-state index contributed by atoms with van der Waals surface area (Å²) in [5.41, 5.74) is 11.1. The van der Waals surface area contributed by atoms with Gasteiger partial charge < -0.3 is 9.80 Å². The van der Waals surface area contributed by atoms with Crippen molar-refractivity contribution in [1.82, 2.24) is 9.88 Å². The highest BCUT2D eigenvalue weighted by Crippen LogP contribution is 2.56. The average Bonchev–Trinajstić information content (AvgIpc) is 3.69. The third-order valence-electron chi connectivity index (χ3n) is 9.76. The van der Waals surface area contributed by atoms with Crippen LogP contribution in [0.1, 0.15) is 48.7 Å². The number of hydrogen-bond acceptors (Lipinski definition) is 4. The highest BCUT2D eigenvalue weighted by atomic mass is 15.3. The van der Waals surface area contributed by atoms with E-state index in [1.54, 1.807) is 0 Å². The van der Waals surface area contributed by atoms with Crippen LogP contribution in [0.25, 0.3) is 11.1 Å². The molecule has 1 aliphatic heterocycles. The molecule has 0 amide bonds. The second-order valence-corrected chi connectivity index (χ2v) is 13.9. The van der Waals surface area contributed by atoms with E-state index in [1.165, 1.54) is 33.4 Å². The van der Waals surface area contributed by atoms with Gasteiger partial charge in [0.15, 0.2) is 0 Å². The number of rotatable bonds is 6. The fourth-order valence-electron chi connectivity index (χ4n) is 7.41. The Hall–Kier alpha value is -5.61. The van der Waals surface area contributed by atoms with Gasteiger partial charge in [-0.15, -0.1) is 0 Å². The molecule has 4 heteroatoms. The number of pyridine rings is 1. The van der Waals surface area contributed by atoms with Crippen LogP contribution < -0.4 is 9.80 Å². The Morgan fingerprint density at radius 2 is 1.23 bits per heavy atom. The molecule has 0 radical (unpaired) electrons. The zero-order valence-electron chi connectivity index (χ0n) is 28.0. The van der Waals surface area contributed by atoms with Crippen molar-refractivity contribution in [3.63, 3.8) is 0 Å². The van der Waals surface area contributed by atoms with Crippen LogP contribution in [0.4, 0.5) is 22.9 Å². The normalized spacial score (nSPS) is 14.6. The Labute approximate surface area is 284 Å². The average molecular weight is 625 g/mol. The van der Waals surface area contributed by atoms with Crippen LogP contribution in [0.3, 0.4) is 0 Å². The molecule has 0 saturated carbocycles. The van der Waals surface area contributed by atoms with Crippen molar-refractivity contribution in [3.05, 3.63) is 186 Å². The minimum Gasteiger partial charge on any atom is -0.361 e. The number of benzene rings is 5. The molecular formula is C44H40N4. The van der Waals surface area contributed by atoms with Crippen LogP contribution in [0.2, 0.25) is 0 Å². The van der Waals surface area contributed by atoms with Crippen molar-refractivity contribution in [2.45, 2.75) is 31.6 Å². The van der Waals surface area contributed by atoms with E-state index in [4.69, 9.17) is 4.98 Å². The number of fused-ring (bicyclic) bond motifs is 3. The molecule has 0 atom stereocenters. The minimum atomic E-state index is -0.598. The fraction of sp³-hybridized carbons (Fsp3) is 0.159. The van der Waals surface area contributed by atoms with Crippen molar-refractivity contribution in [3.8, 4) is 11.1 Å². The third-order valence-corrected chi connectivity index (χ3v) is 9.76. The lowest BCUT2D eigenvalue weighted by molar-refractivity contribution is 0.496. The van der Waals surface area contributed by atoms with Crippen molar-refractivity contribution in [2.75, 3.05) is 23.5 Å². The summed E-state index contributed by atoms with van der Waals surface area (Å²) in [4.78, 5) is 12.5. The molecule has 0 bridgehead atoms. The topological polar surface area (TPSA) is 22.6 Å². The van der Waals surface area contributed by atoms with Gasteiger partial charge in [-0.3, -0.25) is 4.90 Å². The Balaban J connectivity index is 1.43. The van der Waals surface area contributed by atoms with E-state index in [1.807, 2.05) is 0 Å². The number of hydrogen-bond donors (Lipinski definition) is 0. The highest BCUT2D eigenvalue weighted by Gasteiger charge is 2.47. The van der Waals surface area contributed by atoms with E-state index >= 15 is 0 Å². The van der Waals surface area contributed by atoms with Gasteiger partial charge in [0.2, 0.25) is 0 Å². The van der Waals surface area contributed by atoms with Crippen LogP contribution in [-0.4, -0.2) is 23.6 Å². The summed E-state index contributed by atoms with van der Waals surface area (Å²) >= 11 is 0. The second kappa shape index (κ2) is 11.6. The van der Waals surface area contributed by atoms with E-state index < -0.39 is 5.41 Å². The van der Waals surface area contributed by atoms with E-state index in [2.05, 4.69) is 201 Å². The molecule has 48 heavy (non-hydrogen) atoms. The molecule has 0 spiro atoms. The molecule has 0 unspecified atom stereocenters. The largest absolute Gasteiger partial charge is 0.361 e. The lowest BCUT2D eigenvalue weighted by atomic mass is 9.69. The fourth-order valence-corrected chi connectivity index (χ4v) is 7.41. The summed E-state index contributed by atoms with van der Waals surface area (Å²) in [5, 5.41) is 0. The number of anilines is 4. The first-order valence-corrected chi connectivity index (χ1v) is 16.7. The molecule has 0 N–H and O–H groups in total. The monoisotopic (exact) mass is 624 g/mol. The maximum absolute atomic E-state index is 5.76. The Morgan fingerprint density at radius 1 is 0.625 bits per heavy atom. The van der Waals surface area contributed by atoms with E-state index in [0.717, 1.165) is 35.2 Å². The van der Waals surface area contributed by atoms with Crippen LogP contribution in [0.15, 0.2) is 158 Å². The molecule has 4 nitrogen and oxygen atoms in total. The van der Waals surface area contributed by atoms with E-state index in [-0.39, 0.29) is 5.41 Å².